The third-order valence-electron chi connectivity index (χ3n) is 4.47. The number of hydrogen-bond acceptors (Lipinski definition) is 3. The summed E-state index contributed by atoms with van der Waals surface area (Å²) in [6.45, 7) is 4.45. The standard InChI is InChI=1S/C17H24N2O2/c1-2-17(20)19-10-9-13(12-19)18-15-7-5-11-21-16-8-4-3-6-14(15)16/h3-4,6,8,13,15,18H,2,5,7,9-12H2,1H3. The van der Waals surface area contributed by atoms with Crippen LogP contribution in [0.1, 0.15) is 44.2 Å². The molecule has 0 saturated carbocycles. The van der Waals surface area contributed by atoms with Crippen molar-refractivity contribution in [2.75, 3.05) is 19.7 Å². The van der Waals surface area contributed by atoms with Gasteiger partial charge in [0.15, 0.2) is 0 Å². The molecule has 1 aromatic carbocycles. The molecule has 2 unspecified atom stereocenters. The number of amides is 1. The monoisotopic (exact) mass is 288 g/mol. The zero-order chi connectivity index (χ0) is 14.7. The molecule has 0 aliphatic carbocycles. The summed E-state index contributed by atoms with van der Waals surface area (Å²) < 4.78 is 5.82. The SMILES string of the molecule is CCC(=O)N1CCC(NC2CCCOc3ccccc32)C1. The summed E-state index contributed by atoms with van der Waals surface area (Å²) in [5, 5.41) is 3.75. The van der Waals surface area contributed by atoms with Crippen molar-refractivity contribution in [2.45, 2.75) is 44.7 Å². The summed E-state index contributed by atoms with van der Waals surface area (Å²) >= 11 is 0. The average Bonchev–Trinajstić information content (AvgIpc) is 2.89. The topological polar surface area (TPSA) is 41.6 Å². The smallest absolute Gasteiger partial charge is 0.222 e. The molecule has 2 atom stereocenters. The maximum atomic E-state index is 11.8. The van der Waals surface area contributed by atoms with E-state index in [0.717, 1.165) is 44.7 Å². The summed E-state index contributed by atoms with van der Waals surface area (Å²) in [7, 11) is 0. The number of hydrogen-bond donors (Lipinski definition) is 1. The van der Waals surface area contributed by atoms with Gasteiger partial charge < -0.3 is 15.0 Å². The molecule has 1 saturated heterocycles. The molecule has 2 aliphatic rings. The zero-order valence-corrected chi connectivity index (χ0v) is 12.7. The molecule has 4 nitrogen and oxygen atoms in total. The Morgan fingerprint density at radius 2 is 2.24 bits per heavy atom. The van der Waals surface area contributed by atoms with E-state index in [9.17, 15) is 4.79 Å². The van der Waals surface area contributed by atoms with E-state index < -0.39 is 0 Å². The highest BCUT2D eigenvalue weighted by molar-refractivity contribution is 5.76. The molecule has 1 N–H and O–H groups in total. The van der Waals surface area contributed by atoms with Crippen LogP contribution >= 0.6 is 0 Å². The second kappa shape index (κ2) is 6.48. The van der Waals surface area contributed by atoms with Crippen LogP contribution in [-0.2, 0) is 4.79 Å². The van der Waals surface area contributed by atoms with Crippen LogP contribution in [0.3, 0.4) is 0 Å². The minimum absolute atomic E-state index is 0.267. The molecule has 0 radical (unpaired) electrons. The summed E-state index contributed by atoms with van der Waals surface area (Å²) in [4.78, 5) is 13.8. The molecule has 21 heavy (non-hydrogen) atoms. The highest BCUT2D eigenvalue weighted by Gasteiger charge is 2.28. The molecule has 0 aromatic heterocycles. The number of nitrogens with one attached hydrogen (secondary N) is 1. The lowest BCUT2D eigenvalue weighted by Crippen LogP contribution is -2.37. The molecule has 0 bridgehead atoms. The van der Waals surface area contributed by atoms with Gasteiger partial charge in [0.25, 0.3) is 0 Å². The van der Waals surface area contributed by atoms with E-state index in [1.165, 1.54) is 5.56 Å². The Labute approximate surface area is 126 Å². The third kappa shape index (κ3) is 3.21. The number of rotatable bonds is 3. The van der Waals surface area contributed by atoms with Crippen LogP contribution in [0.5, 0.6) is 5.75 Å². The van der Waals surface area contributed by atoms with Gasteiger partial charge in [-0.05, 0) is 25.3 Å². The van der Waals surface area contributed by atoms with E-state index >= 15 is 0 Å². The van der Waals surface area contributed by atoms with Crippen LogP contribution in [-0.4, -0.2) is 36.5 Å². The summed E-state index contributed by atoms with van der Waals surface area (Å²) in [5.41, 5.74) is 1.26. The number of para-hydroxylation sites is 1. The van der Waals surface area contributed by atoms with E-state index in [2.05, 4.69) is 23.5 Å². The summed E-state index contributed by atoms with van der Waals surface area (Å²) in [5.74, 6) is 1.27. The van der Waals surface area contributed by atoms with Crippen molar-refractivity contribution in [2.24, 2.45) is 0 Å². The van der Waals surface area contributed by atoms with Gasteiger partial charge in [-0.1, -0.05) is 25.1 Å². The Morgan fingerprint density at radius 3 is 3.10 bits per heavy atom. The van der Waals surface area contributed by atoms with Crippen molar-refractivity contribution in [1.29, 1.82) is 0 Å². The molecule has 1 fully saturated rings. The van der Waals surface area contributed by atoms with Gasteiger partial charge in [0.05, 0.1) is 6.61 Å². The first-order chi connectivity index (χ1) is 10.3. The normalized spacial score (nSPS) is 25.1. The van der Waals surface area contributed by atoms with Crippen molar-refractivity contribution >= 4 is 5.91 Å². The van der Waals surface area contributed by atoms with E-state index in [0.29, 0.717) is 18.5 Å². The largest absolute Gasteiger partial charge is 0.493 e. The van der Waals surface area contributed by atoms with Gasteiger partial charge >= 0.3 is 0 Å². The number of nitrogens with zero attached hydrogens (tertiary/aromatic N) is 1. The quantitative estimate of drug-likeness (QED) is 0.929. The Morgan fingerprint density at radius 1 is 1.38 bits per heavy atom. The number of ether oxygens (including phenoxy) is 1. The highest BCUT2D eigenvalue weighted by Crippen LogP contribution is 2.32. The van der Waals surface area contributed by atoms with Crippen LogP contribution in [0.4, 0.5) is 0 Å². The number of benzene rings is 1. The average molecular weight is 288 g/mol. The number of carbonyl (C=O) groups excluding carboxylic acids is 1. The maximum absolute atomic E-state index is 11.8. The molecular formula is C17H24N2O2. The van der Waals surface area contributed by atoms with Crippen LogP contribution in [0.2, 0.25) is 0 Å². The number of carbonyl (C=O) groups is 1. The summed E-state index contributed by atoms with van der Waals surface area (Å²) in [6.07, 6.45) is 3.81. The fraction of sp³-hybridized carbons (Fsp3) is 0.588. The van der Waals surface area contributed by atoms with Gasteiger partial charge in [-0.15, -0.1) is 0 Å². The van der Waals surface area contributed by atoms with Gasteiger partial charge in [-0.25, -0.2) is 0 Å². The number of fused-ring (bicyclic) bond motifs is 1. The molecular weight excluding hydrogens is 264 g/mol. The Balaban J connectivity index is 1.67. The van der Waals surface area contributed by atoms with Crippen LogP contribution in [0.15, 0.2) is 24.3 Å². The first kappa shape index (κ1) is 14.4. The molecule has 2 aliphatic heterocycles. The first-order valence-corrected chi connectivity index (χ1v) is 8.03. The van der Waals surface area contributed by atoms with Gasteiger partial charge in [0, 0.05) is 37.2 Å². The number of likely N-dealkylation sites (tertiary alicyclic amines) is 1. The van der Waals surface area contributed by atoms with Gasteiger partial charge in [0.1, 0.15) is 5.75 Å². The van der Waals surface area contributed by atoms with Gasteiger partial charge in [-0.2, -0.15) is 0 Å². The van der Waals surface area contributed by atoms with Crippen LogP contribution < -0.4 is 10.1 Å². The molecule has 2 heterocycles. The van der Waals surface area contributed by atoms with E-state index in [1.807, 2.05) is 17.9 Å². The minimum atomic E-state index is 0.267. The predicted molar refractivity (Wildman–Crippen MR) is 82.3 cm³/mol. The fourth-order valence-electron chi connectivity index (χ4n) is 3.33. The second-order valence-electron chi connectivity index (χ2n) is 5.93. The highest BCUT2D eigenvalue weighted by atomic mass is 16.5. The van der Waals surface area contributed by atoms with E-state index in [-0.39, 0.29) is 5.91 Å². The van der Waals surface area contributed by atoms with Crippen molar-refractivity contribution in [3.8, 4) is 5.75 Å². The van der Waals surface area contributed by atoms with Crippen molar-refractivity contribution in [3.05, 3.63) is 29.8 Å². The first-order valence-electron chi connectivity index (χ1n) is 8.03. The van der Waals surface area contributed by atoms with Gasteiger partial charge in [-0.3, -0.25) is 4.79 Å². The molecule has 114 valence electrons. The van der Waals surface area contributed by atoms with Crippen LogP contribution in [0.25, 0.3) is 0 Å². The van der Waals surface area contributed by atoms with Crippen LogP contribution in [0, 0.1) is 0 Å². The fourth-order valence-corrected chi connectivity index (χ4v) is 3.33. The maximum Gasteiger partial charge on any atom is 0.222 e. The minimum Gasteiger partial charge on any atom is -0.493 e. The molecule has 1 aromatic rings. The van der Waals surface area contributed by atoms with E-state index in [1.54, 1.807) is 0 Å². The van der Waals surface area contributed by atoms with Crippen molar-refractivity contribution in [3.63, 3.8) is 0 Å². The lowest BCUT2D eigenvalue weighted by molar-refractivity contribution is -0.129. The molecule has 3 rings (SSSR count). The van der Waals surface area contributed by atoms with Gasteiger partial charge in [0.2, 0.25) is 5.91 Å². The Bertz CT molecular complexity index is 503. The lowest BCUT2D eigenvalue weighted by atomic mass is 10.0. The summed E-state index contributed by atoms with van der Waals surface area (Å²) in [6, 6.07) is 9.04. The third-order valence-corrected chi connectivity index (χ3v) is 4.47. The molecule has 1 amide bonds. The molecule has 4 heteroatoms. The zero-order valence-electron chi connectivity index (χ0n) is 12.7. The van der Waals surface area contributed by atoms with Crippen molar-refractivity contribution in [1.82, 2.24) is 10.2 Å². The lowest BCUT2D eigenvalue weighted by Gasteiger charge is -2.23. The van der Waals surface area contributed by atoms with Crippen molar-refractivity contribution < 1.29 is 9.53 Å². The second-order valence-corrected chi connectivity index (χ2v) is 5.93. The Kier molecular flexibility index (Phi) is 4.44. The predicted octanol–water partition coefficient (Wildman–Crippen LogP) is 2.50. The molecule has 0 spiro atoms. The van der Waals surface area contributed by atoms with E-state index in [4.69, 9.17) is 4.74 Å². The Hall–Kier alpha value is -1.55.